The molecule has 3 aromatic rings. The highest BCUT2D eigenvalue weighted by Crippen LogP contribution is 2.28. The number of fused-ring (bicyclic) bond motifs is 1. The fourth-order valence-electron chi connectivity index (χ4n) is 5.48. The second-order valence-electron chi connectivity index (χ2n) is 9.38. The van der Waals surface area contributed by atoms with Crippen molar-refractivity contribution < 1.29 is 4.79 Å². The summed E-state index contributed by atoms with van der Waals surface area (Å²) in [6.07, 6.45) is 10.1. The summed E-state index contributed by atoms with van der Waals surface area (Å²) in [5.41, 5.74) is 2.91. The van der Waals surface area contributed by atoms with Crippen LogP contribution in [-0.4, -0.2) is 38.0 Å². The summed E-state index contributed by atoms with van der Waals surface area (Å²) >= 11 is 0. The predicted octanol–water partition coefficient (Wildman–Crippen LogP) is 4.18. The first-order valence-electron chi connectivity index (χ1n) is 12.1. The van der Waals surface area contributed by atoms with E-state index in [4.69, 9.17) is 0 Å². The molecule has 2 aromatic heterocycles. The first-order chi connectivity index (χ1) is 15.7. The van der Waals surface area contributed by atoms with Gasteiger partial charge in [-0.2, -0.15) is 0 Å². The summed E-state index contributed by atoms with van der Waals surface area (Å²) in [5, 5.41) is 0. The van der Waals surface area contributed by atoms with E-state index >= 15 is 0 Å². The van der Waals surface area contributed by atoms with Crippen LogP contribution in [0.1, 0.15) is 56.6 Å². The SMILES string of the molecule is O=C(CCc1ccccc1)N1CCC(n2c(=O)n(CC3CCCCC3)c3cccnc32)C1. The van der Waals surface area contributed by atoms with Crippen LogP contribution in [0.15, 0.2) is 53.5 Å². The quantitative estimate of drug-likeness (QED) is 0.587. The second kappa shape index (κ2) is 9.31. The average molecular weight is 433 g/mol. The van der Waals surface area contributed by atoms with Gasteiger partial charge in [0.05, 0.1) is 11.6 Å². The Morgan fingerprint density at radius 2 is 1.81 bits per heavy atom. The highest BCUT2D eigenvalue weighted by atomic mass is 16.2. The maximum Gasteiger partial charge on any atom is 0.330 e. The fraction of sp³-hybridized carbons (Fsp3) is 0.500. The molecule has 3 heterocycles. The first kappa shape index (κ1) is 21.0. The van der Waals surface area contributed by atoms with Gasteiger partial charge in [-0.05, 0) is 49.3 Å². The number of hydrogen-bond acceptors (Lipinski definition) is 3. The molecule has 0 spiro atoms. The van der Waals surface area contributed by atoms with Crippen molar-refractivity contribution in [2.45, 2.75) is 64.0 Å². The van der Waals surface area contributed by atoms with Crippen molar-refractivity contribution in [2.24, 2.45) is 5.92 Å². The van der Waals surface area contributed by atoms with Gasteiger partial charge in [-0.3, -0.25) is 13.9 Å². The van der Waals surface area contributed by atoms with E-state index in [0.29, 0.717) is 25.4 Å². The number of aryl methyl sites for hydroxylation is 1. The molecule has 168 valence electrons. The summed E-state index contributed by atoms with van der Waals surface area (Å²) in [6.45, 7) is 2.07. The lowest BCUT2D eigenvalue weighted by atomic mass is 9.89. The summed E-state index contributed by atoms with van der Waals surface area (Å²) in [5.74, 6) is 0.739. The maximum atomic E-state index is 13.5. The number of pyridine rings is 1. The van der Waals surface area contributed by atoms with Crippen molar-refractivity contribution in [3.05, 3.63) is 64.7 Å². The Hall–Kier alpha value is -2.89. The molecule has 1 atom stereocenters. The Balaban J connectivity index is 1.33. The summed E-state index contributed by atoms with van der Waals surface area (Å²) in [7, 11) is 0. The molecular formula is C26H32N4O2. The van der Waals surface area contributed by atoms with Crippen molar-refractivity contribution in [2.75, 3.05) is 13.1 Å². The van der Waals surface area contributed by atoms with Gasteiger partial charge in [0.15, 0.2) is 5.65 Å². The van der Waals surface area contributed by atoms with Crippen LogP contribution in [0, 0.1) is 5.92 Å². The molecule has 0 radical (unpaired) electrons. The van der Waals surface area contributed by atoms with Crippen LogP contribution in [0.2, 0.25) is 0 Å². The number of rotatable bonds is 6. The number of benzene rings is 1. The Labute approximate surface area is 188 Å². The topological polar surface area (TPSA) is 60.1 Å². The van der Waals surface area contributed by atoms with Crippen LogP contribution in [-0.2, 0) is 17.8 Å². The molecule has 0 bridgehead atoms. The smallest absolute Gasteiger partial charge is 0.330 e. The van der Waals surface area contributed by atoms with Crippen molar-refractivity contribution in [3.8, 4) is 0 Å². The number of aromatic nitrogens is 3. The third-order valence-electron chi connectivity index (χ3n) is 7.24. The molecule has 32 heavy (non-hydrogen) atoms. The Morgan fingerprint density at radius 1 is 1.00 bits per heavy atom. The van der Waals surface area contributed by atoms with Gasteiger partial charge in [0.25, 0.3) is 0 Å². The molecule has 2 fully saturated rings. The lowest BCUT2D eigenvalue weighted by molar-refractivity contribution is -0.130. The molecule has 1 saturated heterocycles. The van der Waals surface area contributed by atoms with E-state index in [1.54, 1.807) is 6.20 Å². The Kier molecular flexibility index (Phi) is 6.10. The Bertz CT molecular complexity index is 1130. The van der Waals surface area contributed by atoms with Crippen molar-refractivity contribution in [1.82, 2.24) is 19.0 Å². The predicted molar refractivity (Wildman–Crippen MR) is 126 cm³/mol. The monoisotopic (exact) mass is 432 g/mol. The van der Waals surface area contributed by atoms with Gasteiger partial charge in [0.1, 0.15) is 0 Å². The minimum absolute atomic E-state index is 0.00631. The van der Waals surface area contributed by atoms with Crippen LogP contribution >= 0.6 is 0 Å². The molecule has 1 aliphatic carbocycles. The standard InChI is InChI=1S/C26H32N4O2/c31-24(14-13-20-8-3-1-4-9-20)28-17-15-22(19-28)30-25-23(12-7-16-27-25)29(26(30)32)18-21-10-5-2-6-11-21/h1,3-4,7-9,12,16,21-22H,2,5-6,10-11,13-15,17-19H2. The molecule has 5 rings (SSSR count). The first-order valence-corrected chi connectivity index (χ1v) is 12.1. The van der Waals surface area contributed by atoms with E-state index < -0.39 is 0 Å². The molecule has 1 aromatic carbocycles. The molecule has 6 nitrogen and oxygen atoms in total. The maximum absolute atomic E-state index is 13.5. The number of carbonyl (C=O) groups is 1. The fourth-order valence-corrected chi connectivity index (χ4v) is 5.48. The third-order valence-corrected chi connectivity index (χ3v) is 7.24. The van der Waals surface area contributed by atoms with E-state index in [2.05, 4.69) is 17.1 Å². The molecule has 1 aliphatic heterocycles. The number of nitrogens with zero attached hydrogens (tertiary/aromatic N) is 4. The zero-order valence-electron chi connectivity index (χ0n) is 18.7. The number of carbonyl (C=O) groups excluding carboxylic acids is 1. The van der Waals surface area contributed by atoms with Gasteiger partial charge >= 0.3 is 5.69 Å². The van der Waals surface area contributed by atoms with Crippen LogP contribution < -0.4 is 5.69 Å². The van der Waals surface area contributed by atoms with Gasteiger partial charge in [-0.25, -0.2) is 9.78 Å². The van der Waals surface area contributed by atoms with Crippen LogP contribution in [0.4, 0.5) is 0 Å². The highest BCUT2D eigenvalue weighted by Gasteiger charge is 2.31. The zero-order chi connectivity index (χ0) is 21.9. The van der Waals surface area contributed by atoms with Crippen LogP contribution in [0.25, 0.3) is 11.2 Å². The number of likely N-dealkylation sites (tertiary alicyclic amines) is 1. The number of imidazole rings is 1. The lowest BCUT2D eigenvalue weighted by Crippen LogP contribution is -2.33. The average Bonchev–Trinajstić information content (AvgIpc) is 3.42. The van der Waals surface area contributed by atoms with Gasteiger partial charge in [0, 0.05) is 32.3 Å². The van der Waals surface area contributed by atoms with E-state index in [-0.39, 0.29) is 17.6 Å². The van der Waals surface area contributed by atoms with Crippen molar-refractivity contribution in [1.29, 1.82) is 0 Å². The number of amides is 1. The van der Waals surface area contributed by atoms with E-state index in [1.165, 1.54) is 37.7 Å². The molecular weight excluding hydrogens is 400 g/mol. The van der Waals surface area contributed by atoms with Gasteiger partial charge in [-0.1, -0.05) is 49.6 Å². The van der Waals surface area contributed by atoms with Gasteiger partial charge in [0.2, 0.25) is 5.91 Å². The minimum Gasteiger partial charge on any atom is -0.341 e. The van der Waals surface area contributed by atoms with Crippen molar-refractivity contribution >= 4 is 17.1 Å². The normalized spacial score (nSPS) is 19.6. The van der Waals surface area contributed by atoms with E-state index in [1.807, 2.05) is 44.4 Å². The molecule has 1 saturated carbocycles. The second-order valence-corrected chi connectivity index (χ2v) is 9.38. The summed E-state index contributed by atoms with van der Waals surface area (Å²) < 4.78 is 3.81. The van der Waals surface area contributed by atoms with Gasteiger partial charge < -0.3 is 4.90 Å². The summed E-state index contributed by atoms with van der Waals surface area (Å²) in [6, 6.07) is 14.1. The largest absolute Gasteiger partial charge is 0.341 e. The molecule has 1 unspecified atom stereocenters. The zero-order valence-corrected chi connectivity index (χ0v) is 18.7. The molecule has 1 amide bonds. The molecule has 6 heteroatoms. The summed E-state index contributed by atoms with van der Waals surface area (Å²) in [4.78, 5) is 32.9. The molecule has 0 N–H and O–H groups in total. The third kappa shape index (κ3) is 4.23. The lowest BCUT2D eigenvalue weighted by Gasteiger charge is -2.21. The number of hydrogen-bond donors (Lipinski definition) is 0. The molecule has 2 aliphatic rings. The van der Waals surface area contributed by atoms with Crippen LogP contribution in [0.5, 0.6) is 0 Å². The van der Waals surface area contributed by atoms with Gasteiger partial charge in [-0.15, -0.1) is 0 Å². The van der Waals surface area contributed by atoms with Crippen molar-refractivity contribution in [3.63, 3.8) is 0 Å². The highest BCUT2D eigenvalue weighted by molar-refractivity contribution is 5.77. The minimum atomic E-state index is -0.00631. The van der Waals surface area contributed by atoms with E-state index in [0.717, 1.165) is 30.6 Å². The van der Waals surface area contributed by atoms with Crippen LogP contribution in [0.3, 0.4) is 0 Å². The van der Waals surface area contributed by atoms with E-state index in [9.17, 15) is 9.59 Å². The Morgan fingerprint density at radius 3 is 2.62 bits per heavy atom.